The van der Waals surface area contributed by atoms with Gasteiger partial charge in [0.05, 0.1) is 6.10 Å². The molecule has 2 rings (SSSR count). The number of rotatable bonds is 7. The highest BCUT2D eigenvalue weighted by molar-refractivity contribution is 6.18. The molecule has 14 heavy (non-hydrogen) atoms. The molecule has 1 atom stereocenters. The van der Waals surface area contributed by atoms with Crippen LogP contribution in [0, 0.1) is 11.8 Å². The van der Waals surface area contributed by atoms with Crippen molar-refractivity contribution in [1.29, 1.82) is 0 Å². The molecule has 0 saturated heterocycles. The first kappa shape index (κ1) is 10.7. The molecule has 3 heteroatoms. The van der Waals surface area contributed by atoms with Gasteiger partial charge in [-0.15, -0.1) is 11.6 Å². The first-order valence-corrected chi connectivity index (χ1v) is 6.27. The van der Waals surface area contributed by atoms with Crippen LogP contribution in [0.4, 0.5) is 0 Å². The number of hydrogen-bond donors (Lipinski definition) is 1. The van der Waals surface area contributed by atoms with Crippen molar-refractivity contribution in [2.75, 3.05) is 25.5 Å². The zero-order valence-corrected chi connectivity index (χ0v) is 9.42. The maximum absolute atomic E-state index is 9.52. The van der Waals surface area contributed by atoms with Gasteiger partial charge in [0.15, 0.2) is 0 Å². The van der Waals surface area contributed by atoms with Crippen LogP contribution < -0.4 is 0 Å². The molecular weight excluding hydrogens is 198 g/mol. The van der Waals surface area contributed by atoms with Gasteiger partial charge in [-0.25, -0.2) is 0 Å². The van der Waals surface area contributed by atoms with Crippen LogP contribution in [0.2, 0.25) is 0 Å². The molecule has 82 valence electrons. The summed E-state index contributed by atoms with van der Waals surface area (Å²) >= 11 is 5.62. The van der Waals surface area contributed by atoms with Gasteiger partial charge in [0.1, 0.15) is 0 Å². The molecule has 2 fully saturated rings. The average molecular weight is 218 g/mol. The number of halogens is 1. The molecule has 0 aromatic carbocycles. The summed E-state index contributed by atoms with van der Waals surface area (Å²) in [4.78, 5) is 2.42. The van der Waals surface area contributed by atoms with Gasteiger partial charge in [-0.05, 0) is 37.5 Å². The fraction of sp³-hybridized carbons (Fsp3) is 1.00. The largest absolute Gasteiger partial charge is 0.391 e. The minimum atomic E-state index is -0.339. The van der Waals surface area contributed by atoms with Crippen molar-refractivity contribution >= 4 is 11.6 Å². The number of alkyl halides is 1. The van der Waals surface area contributed by atoms with Gasteiger partial charge < -0.3 is 10.0 Å². The highest BCUT2D eigenvalue weighted by atomic mass is 35.5. The molecule has 2 saturated carbocycles. The summed E-state index contributed by atoms with van der Waals surface area (Å²) in [6, 6.07) is 0. The Kier molecular flexibility index (Phi) is 3.69. The second-order valence-electron chi connectivity index (χ2n) is 4.91. The Bertz CT molecular complexity index is 166. The molecule has 0 heterocycles. The molecule has 2 aliphatic carbocycles. The summed E-state index contributed by atoms with van der Waals surface area (Å²) in [5.41, 5.74) is 0. The highest BCUT2D eigenvalue weighted by Crippen LogP contribution is 2.33. The van der Waals surface area contributed by atoms with Crippen LogP contribution in [0.3, 0.4) is 0 Å². The molecule has 0 spiro atoms. The van der Waals surface area contributed by atoms with E-state index < -0.39 is 0 Å². The third-order valence-corrected chi connectivity index (χ3v) is 3.43. The molecule has 0 amide bonds. The summed E-state index contributed by atoms with van der Waals surface area (Å²) in [5, 5.41) is 9.52. The van der Waals surface area contributed by atoms with Gasteiger partial charge in [0.2, 0.25) is 0 Å². The Morgan fingerprint density at radius 1 is 1.14 bits per heavy atom. The number of aliphatic hydroxyl groups is 1. The van der Waals surface area contributed by atoms with E-state index in [0.29, 0.717) is 5.88 Å². The van der Waals surface area contributed by atoms with E-state index in [9.17, 15) is 5.11 Å². The predicted molar refractivity (Wildman–Crippen MR) is 58.6 cm³/mol. The molecule has 2 aliphatic rings. The number of aliphatic hydroxyl groups excluding tert-OH is 1. The molecule has 0 aromatic rings. The van der Waals surface area contributed by atoms with E-state index in [1.54, 1.807) is 0 Å². The summed E-state index contributed by atoms with van der Waals surface area (Å²) in [7, 11) is 0. The number of nitrogens with zero attached hydrogens (tertiary/aromatic N) is 1. The molecule has 0 aliphatic heterocycles. The van der Waals surface area contributed by atoms with E-state index in [0.717, 1.165) is 18.4 Å². The number of hydrogen-bond acceptors (Lipinski definition) is 2. The third-order valence-electron chi connectivity index (χ3n) is 3.07. The normalized spacial score (nSPS) is 24.2. The molecule has 0 aromatic heterocycles. The van der Waals surface area contributed by atoms with Crippen molar-refractivity contribution < 1.29 is 5.11 Å². The summed E-state index contributed by atoms with van der Waals surface area (Å²) in [6.45, 7) is 3.14. The van der Waals surface area contributed by atoms with Crippen molar-refractivity contribution in [3.63, 3.8) is 0 Å². The highest BCUT2D eigenvalue weighted by Gasteiger charge is 2.29. The Labute approximate surface area is 91.2 Å². The van der Waals surface area contributed by atoms with Gasteiger partial charge in [0.25, 0.3) is 0 Å². The first-order valence-electron chi connectivity index (χ1n) is 5.74. The van der Waals surface area contributed by atoms with Gasteiger partial charge >= 0.3 is 0 Å². The predicted octanol–water partition coefficient (Wildman–Crippen LogP) is 1.71. The molecular formula is C11H20ClNO. The monoisotopic (exact) mass is 217 g/mol. The Morgan fingerprint density at radius 3 is 2.00 bits per heavy atom. The lowest BCUT2D eigenvalue weighted by Crippen LogP contribution is -2.36. The van der Waals surface area contributed by atoms with Crippen molar-refractivity contribution in [2.24, 2.45) is 11.8 Å². The van der Waals surface area contributed by atoms with Gasteiger partial charge in [-0.1, -0.05) is 0 Å². The summed E-state index contributed by atoms with van der Waals surface area (Å²) in [6.07, 6.45) is 5.21. The summed E-state index contributed by atoms with van der Waals surface area (Å²) in [5.74, 6) is 2.19. The van der Waals surface area contributed by atoms with E-state index >= 15 is 0 Å². The van der Waals surface area contributed by atoms with Crippen LogP contribution in [-0.2, 0) is 0 Å². The lowest BCUT2D eigenvalue weighted by molar-refractivity contribution is 0.122. The Balaban J connectivity index is 1.71. The van der Waals surface area contributed by atoms with Crippen LogP contribution >= 0.6 is 11.6 Å². The van der Waals surface area contributed by atoms with E-state index in [1.807, 2.05) is 0 Å². The average Bonchev–Trinajstić information content (AvgIpc) is 2.99. The third kappa shape index (κ3) is 3.76. The molecule has 1 N–H and O–H groups in total. The quantitative estimate of drug-likeness (QED) is 0.657. The lowest BCUT2D eigenvalue weighted by Gasteiger charge is -2.24. The zero-order valence-electron chi connectivity index (χ0n) is 8.66. The van der Waals surface area contributed by atoms with E-state index in [2.05, 4.69) is 4.90 Å². The fourth-order valence-electron chi connectivity index (χ4n) is 1.90. The second kappa shape index (κ2) is 4.82. The van der Waals surface area contributed by atoms with Crippen molar-refractivity contribution in [3.8, 4) is 0 Å². The van der Waals surface area contributed by atoms with Crippen LogP contribution in [-0.4, -0.2) is 41.6 Å². The first-order chi connectivity index (χ1) is 6.78. The van der Waals surface area contributed by atoms with Gasteiger partial charge in [0, 0.05) is 25.5 Å². The maximum Gasteiger partial charge on any atom is 0.0802 e. The Hall–Kier alpha value is 0.210. The van der Waals surface area contributed by atoms with E-state index in [4.69, 9.17) is 11.6 Å². The minimum absolute atomic E-state index is 0.339. The van der Waals surface area contributed by atoms with Gasteiger partial charge in [-0.3, -0.25) is 0 Å². The second-order valence-corrected chi connectivity index (χ2v) is 5.22. The van der Waals surface area contributed by atoms with Crippen molar-refractivity contribution in [2.45, 2.75) is 31.8 Å². The van der Waals surface area contributed by atoms with Gasteiger partial charge in [-0.2, -0.15) is 0 Å². The lowest BCUT2D eigenvalue weighted by atomic mass is 10.2. The topological polar surface area (TPSA) is 23.5 Å². The SMILES string of the molecule is OC(CCl)CN(CC1CC1)CC1CC1. The minimum Gasteiger partial charge on any atom is -0.391 e. The Morgan fingerprint density at radius 2 is 1.64 bits per heavy atom. The van der Waals surface area contributed by atoms with Crippen molar-refractivity contribution in [3.05, 3.63) is 0 Å². The fourth-order valence-corrected chi connectivity index (χ4v) is 2.00. The smallest absolute Gasteiger partial charge is 0.0802 e. The standard InChI is InChI=1S/C11H20ClNO/c12-5-11(14)8-13(6-9-1-2-9)7-10-3-4-10/h9-11,14H,1-8H2. The van der Waals surface area contributed by atoms with Crippen LogP contribution in [0.1, 0.15) is 25.7 Å². The molecule has 2 nitrogen and oxygen atoms in total. The van der Waals surface area contributed by atoms with E-state index in [-0.39, 0.29) is 6.10 Å². The molecule has 0 radical (unpaired) electrons. The van der Waals surface area contributed by atoms with Crippen molar-refractivity contribution in [1.82, 2.24) is 4.90 Å². The maximum atomic E-state index is 9.52. The van der Waals surface area contributed by atoms with E-state index in [1.165, 1.54) is 38.8 Å². The van der Waals surface area contributed by atoms with Crippen LogP contribution in [0.15, 0.2) is 0 Å². The van der Waals surface area contributed by atoms with Crippen LogP contribution in [0.25, 0.3) is 0 Å². The van der Waals surface area contributed by atoms with Crippen LogP contribution in [0.5, 0.6) is 0 Å². The summed E-state index contributed by atoms with van der Waals surface area (Å²) < 4.78 is 0. The zero-order chi connectivity index (χ0) is 9.97. The molecule has 0 bridgehead atoms. The molecule has 1 unspecified atom stereocenters.